The molecule has 18 heavy (non-hydrogen) atoms. The van der Waals surface area contributed by atoms with E-state index in [1.54, 1.807) is 30.7 Å². The molecule has 0 saturated heterocycles. The summed E-state index contributed by atoms with van der Waals surface area (Å²) < 4.78 is 18.2. The molecule has 3 nitrogen and oxygen atoms in total. The Labute approximate surface area is 117 Å². The van der Waals surface area contributed by atoms with Crippen LogP contribution in [0.4, 0.5) is 0 Å². The minimum Gasteiger partial charge on any atom is -0.462 e. The van der Waals surface area contributed by atoms with Crippen LogP contribution in [0.2, 0.25) is 0 Å². The van der Waals surface area contributed by atoms with E-state index in [1.165, 1.54) is 0 Å². The van der Waals surface area contributed by atoms with E-state index >= 15 is 0 Å². The molecular weight excluding hydrogens is 316 g/mol. The van der Waals surface area contributed by atoms with Gasteiger partial charge in [-0.1, -0.05) is 35.0 Å². The highest BCUT2D eigenvalue weighted by atomic mass is 79.9. The van der Waals surface area contributed by atoms with Gasteiger partial charge in [-0.25, -0.2) is 4.79 Å². The summed E-state index contributed by atoms with van der Waals surface area (Å²) in [6.07, 6.45) is 3.85. The van der Waals surface area contributed by atoms with E-state index in [0.717, 1.165) is 10.9 Å². The van der Waals surface area contributed by atoms with Crippen LogP contribution in [-0.2, 0) is 19.1 Å². The standard InChI is InChI=1S/C13H17BrO3S/c1-4-8-17-13(15)12(18(2,3)16)10-6-5-7-11(14)9-10/h5-7,9H,4,8H2,1-3H3. The topological polar surface area (TPSA) is 43.4 Å². The highest BCUT2D eigenvalue weighted by Crippen LogP contribution is 2.14. The quantitative estimate of drug-likeness (QED) is 0.483. The fraction of sp³-hybridized carbons (Fsp3) is 0.385. The van der Waals surface area contributed by atoms with E-state index in [2.05, 4.69) is 15.9 Å². The van der Waals surface area contributed by atoms with Crippen molar-refractivity contribution in [2.45, 2.75) is 13.3 Å². The van der Waals surface area contributed by atoms with Crippen molar-refractivity contribution >= 4 is 36.3 Å². The molecule has 5 heteroatoms. The molecule has 0 saturated carbocycles. The second-order valence-electron chi connectivity index (χ2n) is 4.21. The predicted octanol–water partition coefficient (Wildman–Crippen LogP) is 2.47. The summed E-state index contributed by atoms with van der Waals surface area (Å²) in [7, 11) is -2.39. The maximum atomic E-state index is 12.3. The highest BCUT2D eigenvalue weighted by Gasteiger charge is 2.19. The van der Waals surface area contributed by atoms with Crippen LogP contribution in [0.3, 0.4) is 0 Å². The summed E-state index contributed by atoms with van der Waals surface area (Å²) in [6, 6.07) is 7.19. The van der Waals surface area contributed by atoms with Crippen LogP contribution in [0.5, 0.6) is 0 Å². The average molecular weight is 333 g/mol. The lowest BCUT2D eigenvalue weighted by molar-refractivity contribution is -0.135. The fourth-order valence-electron chi connectivity index (χ4n) is 1.49. The van der Waals surface area contributed by atoms with Gasteiger partial charge >= 0.3 is 5.97 Å². The number of hydrogen-bond acceptors (Lipinski definition) is 3. The van der Waals surface area contributed by atoms with E-state index in [-0.39, 0.29) is 4.86 Å². The number of rotatable bonds is 4. The first-order valence-electron chi connectivity index (χ1n) is 5.60. The van der Waals surface area contributed by atoms with Crippen molar-refractivity contribution in [3.05, 3.63) is 34.3 Å². The van der Waals surface area contributed by atoms with Crippen LogP contribution < -0.4 is 0 Å². The molecule has 0 atom stereocenters. The largest absolute Gasteiger partial charge is 0.462 e. The lowest BCUT2D eigenvalue weighted by Crippen LogP contribution is -2.26. The molecule has 0 N–H and O–H groups in total. The Balaban J connectivity index is 3.26. The minimum atomic E-state index is -2.39. The van der Waals surface area contributed by atoms with Gasteiger partial charge in [-0.15, -0.1) is 0 Å². The van der Waals surface area contributed by atoms with Gasteiger partial charge in [-0.3, -0.25) is 4.21 Å². The number of halogens is 1. The fourth-order valence-corrected chi connectivity index (χ4v) is 3.05. The second kappa shape index (κ2) is 6.38. The molecule has 0 bridgehead atoms. The van der Waals surface area contributed by atoms with Crippen LogP contribution in [0.15, 0.2) is 28.7 Å². The average Bonchev–Trinajstić information content (AvgIpc) is 2.24. The van der Waals surface area contributed by atoms with Gasteiger partial charge in [0.2, 0.25) is 0 Å². The lowest BCUT2D eigenvalue weighted by Gasteiger charge is -2.11. The first-order valence-corrected chi connectivity index (χ1v) is 8.77. The first-order chi connectivity index (χ1) is 8.36. The zero-order chi connectivity index (χ0) is 13.8. The summed E-state index contributed by atoms with van der Waals surface area (Å²) in [5, 5.41) is 0. The summed E-state index contributed by atoms with van der Waals surface area (Å²) in [6.45, 7) is 2.26. The number of hydrogen-bond donors (Lipinski definition) is 0. The second-order valence-corrected chi connectivity index (χ2v) is 8.00. The molecule has 0 aliphatic heterocycles. The van der Waals surface area contributed by atoms with Gasteiger partial charge in [-0.2, -0.15) is 0 Å². The maximum Gasteiger partial charge on any atom is 0.346 e. The SMILES string of the molecule is CCCOC(=O)C(c1cccc(Br)c1)=S(C)(C)=O. The Kier molecular flexibility index (Phi) is 5.41. The van der Waals surface area contributed by atoms with Crippen LogP contribution in [0, 0.1) is 0 Å². The number of benzene rings is 1. The van der Waals surface area contributed by atoms with Gasteiger partial charge in [0.25, 0.3) is 0 Å². The summed E-state index contributed by atoms with van der Waals surface area (Å²) >= 11 is 3.34. The Morgan fingerprint density at radius 1 is 1.39 bits per heavy atom. The smallest absolute Gasteiger partial charge is 0.346 e. The Morgan fingerprint density at radius 3 is 2.56 bits per heavy atom. The molecule has 1 rings (SSSR count). The van der Waals surface area contributed by atoms with Crippen LogP contribution in [-0.4, -0.2) is 34.2 Å². The third-order valence-electron chi connectivity index (χ3n) is 2.20. The van der Waals surface area contributed by atoms with Gasteiger partial charge in [0.05, 0.1) is 6.61 Å². The Bertz CT molecular complexity index is 549. The van der Waals surface area contributed by atoms with Gasteiger partial charge < -0.3 is 4.74 Å². The van der Waals surface area contributed by atoms with E-state index in [9.17, 15) is 9.00 Å². The lowest BCUT2D eigenvalue weighted by atomic mass is 10.1. The van der Waals surface area contributed by atoms with Crippen molar-refractivity contribution in [2.75, 3.05) is 19.1 Å². The van der Waals surface area contributed by atoms with Gasteiger partial charge in [0.15, 0.2) is 0 Å². The van der Waals surface area contributed by atoms with Crippen LogP contribution in [0.1, 0.15) is 18.9 Å². The first kappa shape index (κ1) is 15.2. The van der Waals surface area contributed by atoms with E-state index in [1.807, 2.05) is 13.0 Å². The van der Waals surface area contributed by atoms with Crippen molar-refractivity contribution in [3.8, 4) is 0 Å². The van der Waals surface area contributed by atoms with Gasteiger partial charge in [0.1, 0.15) is 4.86 Å². The summed E-state index contributed by atoms with van der Waals surface area (Å²) in [5.74, 6) is -0.495. The molecular formula is C13H17BrO3S. The Morgan fingerprint density at radius 2 is 2.06 bits per heavy atom. The van der Waals surface area contributed by atoms with E-state index in [4.69, 9.17) is 4.74 Å². The third-order valence-corrected chi connectivity index (χ3v) is 4.08. The predicted molar refractivity (Wildman–Crippen MR) is 79.5 cm³/mol. The highest BCUT2D eigenvalue weighted by molar-refractivity contribution is 9.10. The molecule has 0 aliphatic carbocycles. The monoisotopic (exact) mass is 332 g/mol. The number of ether oxygens (including phenoxy) is 1. The molecule has 1 aromatic rings. The van der Waals surface area contributed by atoms with Crippen molar-refractivity contribution in [2.24, 2.45) is 0 Å². The molecule has 0 unspecified atom stereocenters. The zero-order valence-corrected chi connectivity index (χ0v) is 13.1. The number of esters is 1. The Hall–Kier alpha value is -0.810. The summed E-state index contributed by atoms with van der Waals surface area (Å²) in [5.41, 5.74) is 0.639. The van der Waals surface area contributed by atoms with Gasteiger partial charge in [0, 0.05) is 17.0 Å². The summed E-state index contributed by atoms with van der Waals surface area (Å²) in [4.78, 5) is 12.3. The molecule has 0 radical (unpaired) electrons. The van der Waals surface area contributed by atoms with Crippen molar-refractivity contribution in [3.63, 3.8) is 0 Å². The molecule has 0 spiro atoms. The molecule has 0 heterocycles. The maximum absolute atomic E-state index is 12.3. The normalized spacial score (nSPS) is 11.1. The van der Waals surface area contributed by atoms with Gasteiger partial charge in [-0.05, 0) is 33.6 Å². The minimum absolute atomic E-state index is 0.247. The van der Waals surface area contributed by atoms with Crippen molar-refractivity contribution < 1.29 is 13.7 Å². The third kappa shape index (κ3) is 4.14. The number of carbonyl (C=O) groups excluding carboxylic acids is 1. The molecule has 100 valence electrons. The zero-order valence-electron chi connectivity index (χ0n) is 10.7. The molecule has 0 aromatic heterocycles. The molecule has 1 aromatic carbocycles. The molecule has 0 aliphatic rings. The van der Waals surface area contributed by atoms with E-state index in [0.29, 0.717) is 12.2 Å². The van der Waals surface area contributed by atoms with Crippen molar-refractivity contribution in [1.29, 1.82) is 0 Å². The van der Waals surface area contributed by atoms with E-state index < -0.39 is 15.5 Å². The van der Waals surface area contributed by atoms with Crippen molar-refractivity contribution in [1.82, 2.24) is 0 Å². The number of carbonyl (C=O) groups is 1. The molecule has 0 amide bonds. The molecule has 0 fully saturated rings. The van der Waals surface area contributed by atoms with Crippen LogP contribution in [0.25, 0.3) is 0 Å². The van der Waals surface area contributed by atoms with Crippen LogP contribution >= 0.6 is 15.9 Å².